The molecule has 0 saturated carbocycles. The van der Waals surface area contributed by atoms with Crippen molar-refractivity contribution < 1.29 is 15.0 Å². The minimum atomic E-state index is -0.517. The van der Waals surface area contributed by atoms with Crippen LogP contribution in [0.5, 0.6) is 11.5 Å². The van der Waals surface area contributed by atoms with Gasteiger partial charge in [0, 0.05) is 6.54 Å². The van der Waals surface area contributed by atoms with Crippen molar-refractivity contribution >= 4 is 23.6 Å². The predicted molar refractivity (Wildman–Crippen MR) is 91.5 cm³/mol. The van der Waals surface area contributed by atoms with Gasteiger partial charge >= 0.3 is 0 Å². The summed E-state index contributed by atoms with van der Waals surface area (Å²) >= 11 is 5.75. The standard InChI is InChI=1S/C18H15ClN2O3/c19-15-9-13(10-16(22)17(15)23)8-14(11-20)18(24)21-7-6-12-4-2-1-3-5-12/h1-5,8-10,22-23H,6-7H2,(H,21,24)/b14-8+. The number of nitriles is 1. The van der Waals surface area contributed by atoms with Crippen LogP contribution in [-0.2, 0) is 11.2 Å². The van der Waals surface area contributed by atoms with E-state index in [9.17, 15) is 15.0 Å². The first-order chi connectivity index (χ1) is 11.5. The molecule has 0 radical (unpaired) electrons. The van der Waals surface area contributed by atoms with Crippen LogP contribution in [0.25, 0.3) is 6.08 Å². The van der Waals surface area contributed by atoms with E-state index in [2.05, 4.69) is 5.32 Å². The molecule has 0 bridgehead atoms. The molecule has 1 amide bonds. The van der Waals surface area contributed by atoms with Crippen molar-refractivity contribution in [3.8, 4) is 17.6 Å². The molecule has 3 N–H and O–H groups in total. The van der Waals surface area contributed by atoms with Gasteiger partial charge in [0.25, 0.3) is 5.91 Å². The Hall–Kier alpha value is -2.97. The number of halogens is 1. The van der Waals surface area contributed by atoms with Crippen molar-refractivity contribution in [2.75, 3.05) is 6.54 Å². The minimum Gasteiger partial charge on any atom is -0.504 e. The van der Waals surface area contributed by atoms with E-state index in [4.69, 9.17) is 16.9 Å². The van der Waals surface area contributed by atoms with E-state index in [1.54, 1.807) is 0 Å². The van der Waals surface area contributed by atoms with E-state index in [0.717, 1.165) is 5.56 Å². The third-order valence-electron chi connectivity index (χ3n) is 3.28. The van der Waals surface area contributed by atoms with Crippen LogP contribution in [0, 0.1) is 11.3 Å². The normalized spacial score (nSPS) is 10.9. The highest BCUT2D eigenvalue weighted by molar-refractivity contribution is 6.32. The maximum Gasteiger partial charge on any atom is 0.261 e. The lowest BCUT2D eigenvalue weighted by Gasteiger charge is -2.05. The second kappa shape index (κ2) is 8.04. The lowest BCUT2D eigenvalue weighted by atomic mass is 10.1. The molecule has 0 aliphatic heterocycles. The summed E-state index contributed by atoms with van der Waals surface area (Å²) < 4.78 is 0. The van der Waals surface area contributed by atoms with E-state index < -0.39 is 17.4 Å². The highest BCUT2D eigenvalue weighted by Gasteiger charge is 2.11. The van der Waals surface area contributed by atoms with Gasteiger partial charge in [0.15, 0.2) is 11.5 Å². The number of benzene rings is 2. The minimum absolute atomic E-state index is 0.0666. The smallest absolute Gasteiger partial charge is 0.261 e. The van der Waals surface area contributed by atoms with Crippen LogP contribution in [0.2, 0.25) is 5.02 Å². The summed E-state index contributed by atoms with van der Waals surface area (Å²) in [6.07, 6.45) is 1.94. The van der Waals surface area contributed by atoms with Crippen LogP contribution in [0.4, 0.5) is 0 Å². The van der Waals surface area contributed by atoms with E-state index in [1.807, 2.05) is 36.4 Å². The molecule has 0 aromatic heterocycles. The second-order valence-electron chi connectivity index (χ2n) is 5.03. The third-order valence-corrected chi connectivity index (χ3v) is 3.57. The van der Waals surface area contributed by atoms with Gasteiger partial charge in [-0.2, -0.15) is 5.26 Å². The number of phenolic OH excluding ortho intramolecular Hbond substituents is 2. The average molecular weight is 343 g/mol. The molecule has 0 heterocycles. The van der Waals surface area contributed by atoms with Crippen molar-refractivity contribution in [2.45, 2.75) is 6.42 Å². The fourth-order valence-corrected chi connectivity index (χ4v) is 2.29. The third kappa shape index (κ3) is 4.51. The van der Waals surface area contributed by atoms with E-state index in [0.29, 0.717) is 18.5 Å². The number of carbonyl (C=O) groups excluding carboxylic acids is 1. The van der Waals surface area contributed by atoms with Crippen molar-refractivity contribution in [1.29, 1.82) is 5.26 Å². The highest BCUT2D eigenvalue weighted by atomic mass is 35.5. The molecule has 0 aliphatic rings. The maximum atomic E-state index is 12.1. The summed E-state index contributed by atoms with van der Waals surface area (Å²) in [6, 6.07) is 14.0. The summed E-state index contributed by atoms with van der Waals surface area (Å²) in [4.78, 5) is 12.1. The Bertz CT molecular complexity index is 788. The second-order valence-corrected chi connectivity index (χ2v) is 5.44. The Morgan fingerprint density at radius 1 is 1.25 bits per heavy atom. The molecule has 0 aliphatic carbocycles. The Morgan fingerprint density at radius 2 is 1.96 bits per heavy atom. The number of hydrogen-bond donors (Lipinski definition) is 3. The zero-order valence-electron chi connectivity index (χ0n) is 12.7. The summed E-state index contributed by atoms with van der Waals surface area (Å²) in [7, 11) is 0. The molecule has 2 aromatic rings. The summed E-state index contributed by atoms with van der Waals surface area (Å²) in [5.74, 6) is -1.38. The van der Waals surface area contributed by atoms with Gasteiger partial charge in [0.1, 0.15) is 11.6 Å². The molecular formula is C18H15ClN2O3. The molecule has 0 unspecified atom stereocenters. The van der Waals surface area contributed by atoms with E-state index in [1.165, 1.54) is 18.2 Å². The molecule has 0 saturated heterocycles. The molecule has 24 heavy (non-hydrogen) atoms. The van der Waals surface area contributed by atoms with Crippen molar-refractivity contribution in [1.82, 2.24) is 5.32 Å². The molecule has 2 aromatic carbocycles. The van der Waals surface area contributed by atoms with Gasteiger partial charge in [-0.3, -0.25) is 4.79 Å². The number of phenols is 2. The van der Waals surface area contributed by atoms with Crippen LogP contribution in [-0.4, -0.2) is 22.7 Å². The topological polar surface area (TPSA) is 93.3 Å². The lowest BCUT2D eigenvalue weighted by Crippen LogP contribution is -2.26. The monoisotopic (exact) mass is 342 g/mol. The lowest BCUT2D eigenvalue weighted by molar-refractivity contribution is -0.117. The van der Waals surface area contributed by atoms with Crippen molar-refractivity contribution in [3.63, 3.8) is 0 Å². The van der Waals surface area contributed by atoms with Gasteiger partial charge in [-0.05, 0) is 35.8 Å². The Morgan fingerprint density at radius 3 is 2.58 bits per heavy atom. The van der Waals surface area contributed by atoms with E-state index >= 15 is 0 Å². The maximum absolute atomic E-state index is 12.1. The van der Waals surface area contributed by atoms with Crippen LogP contribution in [0.15, 0.2) is 48.0 Å². The zero-order valence-corrected chi connectivity index (χ0v) is 13.4. The number of rotatable bonds is 5. The van der Waals surface area contributed by atoms with Crippen molar-refractivity contribution in [2.24, 2.45) is 0 Å². The van der Waals surface area contributed by atoms with Crippen molar-refractivity contribution in [3.05, 3.63) is 64.2 Å². The number of nitrogens with zero attached hydrogens (tertiary/aromatic N) is 1. The molecule has 2 rings (SSSR count). The van der Waals surface area contributed by atoms with Crippen LogP contribution >= 0.6 is 11.6 Å². The summed E-state index contributed by atoms with van der Waals surface area (Å²) in [5, 5.41) is 30.7. The predicted octanol–water partition coefficient (Wildman–Crippen LogP) is 3.02. The zero-order chi connectivity index (χ0) is 17.5. The number of amides is 1. The van der Waals surface area contributed by atoms with Gasteiger partial charge < -0.3 is 15.5 Å². The summed E-state index contributed by atoms with van der Waals surface area (Å²) in [6.45, 7) is 0.392. The van der Waals surface area contributed by atoms with Crippen LogP contribution in [0.1, 0.15) is 11.1 Å². The Kier molecular flexibility index (Phi) is 5.83. The number of carbonyl (C=O) groups is 1. The fourth-order valence-electron chi connectivity index (χ4n) is 2.06. The van der Waals surface area contributed by atoms with Gasteiger partial charge in [-0.1, -0.05) is 41.9 Å². The highest BCUT2D eigenvalue weighted by Crippen LogP contribution is 2.34. The first kappa shape index (κ1) is 17.4. The number of hydrogen-bond acceptors (Lipinski definition) is 4. The SMILES string of the molecule is N#C/C(=C\c1cc(O)c(O)c(Cl)c1)C(=O)NCCc1ccccc1. The quantitative estimate of drug-likeness (QED) is 0.442. The largest absolute Gasteiger partial charge is 0.504 e. The molecule has 122 valence electrons. The van der Waals surface area contributed by atoms with Gasteiger partial charge in [-0.15, -0.1) is 0 Å². The molecule has 0 fully saturated rings. The number of nitrogens with one attached hydrogen (secondary N) is 1. The fraction of sp³-hybridized carbons (Fsp3) is 0.111. The number of aromatic hydroxyl groups is 2. The average Bonchev–Trinajstić information content (AvgIpc) is 2.58. The molecular weight excluding hydrogens is 328 g/mol. The first-order valence-corrected chi connectivity index (χ1v) is 7.54. The van der Waals surface area contributed by atoms with E-state index in [-0.39, 0.29) is 10.6 Å². The van der Waals surface area contributed by atoms with Crippen LogP contribution < -0.4 is 5.32 Å². The first-order valence-electron chi connectivity index (χ1n) is 7.16. The molecule has 6 heteroatoms. The molecule has 5 nitrogen and oxygen atoms in total. The van der Waals surface area contributed by atoms with Crippen LogP contribution in [0.3, 0.4) is 0 Å². The van der Waals surface area contributed by atoms with Gasteiger partial charge in [0.05, 0.1) is 5.02 Å². The Labute approximate surface area is 144 Å². The Balaban J connectivity index is 2.05. The van der Waals surface area contributed by atoms with Gasteiger partial charge in [0.2, 0.25) is 0 Å². The summed E-state index contributed by atoms with van der Waals surface area (Å²) in [5.41, 5.74) is 1.30. The molecule has 0 atom stereocenters. The van der Waals surface area contributed by atoms with Gasteiger partial charge in [-0.25, -0.2) is 0 Å². The molecule has 0 spiro atoms.